The first-order valence-corrected chi connectivity index (χ1v) is 19.5. The summed E-state index contributed by atoms with van der Waals surface area (Å²) in [5.74, 6) is -3.36. The predicted octanol–water partition coefficient (Wildman–Crippen LogP) is 3.33. The summed E-state index contributed by atoms with van der Waals surface area (Å²) in [6.07, 6.45) is 3.45. The smallest absolute Gasteiger partial charge is 0.259 e. The third kappa shape index (κ3) is 7.78. The number of aromatic amines is 1. The maximum absolute atomic E-state index is 14.7. The summed E-state index contributed by atoms with van der Waals surface area (Å²) in [6, 6.07) is 7.34. The highest BCUT2D eigenvalue weighted by Crippen LogP contribution is 2.49. The summed E-state index contributed by atoms with van der Waals surface area (Å²) in [7, 11) is -2.32. The van der Waals surface area contributed by atoms with Crippen LogP contribution in [-0.4, -0.2) is 81.1 Å². The minimum absolute atomic E-state index is 0.131. The summed E-state index contributed by atoms with van der Waals surface area (Å²) < 4.78 is 33.0. The number of aromatic nitrogens is 5. The fourth-order valence-corrected chi connectivity index (χ4v) is 8.80. The van der Waals surface area contributed by atoms with Gasteiger partial charge in [-0.3, -0.25) is 23.9 Å². The number of tetrazole rings is 1. The summed E-state index contributed by atoms with van der Waals surface area (Å²) >= 11 is 0. The summed E-state index contributed by atoms with van der Waals surface area (Å²) in [4.78, 5) is 60.9. The molecule has 284 valence electrons. The number of carbonyl (C=O) groups is 4. The van der Waals surface area contributed by atoms with Gasteiger partial charge in [0.25, 0.3) is 11.8 Å². The number of hydrogen-bond donors (Lipinski definition) is 4. The van der Waals surface area contributed by atoms with Gasteiger partial charge in [-0.05, 0) is 99.3 Å². The average molecular weight is 749 g/mol. The van der Waals surface area contributed by atoms with Gasteiger partial charge in [0, 0.05) is 28.8 Å². The van der Waals surface area contributed by atoms with E-state index in [1.54, 1.807) is 50.4 Å². The highest BCUT2D eigenvalue weighted by atomic mass is 32.2. The van der Waals surface area contributed by atoms with Crippen LogP contribution in [0.2, 0.25) is 0 Å². The monoisotopic (exact) mass is 748 g/mol. The van der Waals surface area contributed by atoms with Crippen molar-refractivity contribution in [3.63, 3.8) is 0 Å². The maximum Gasteiger partial charge on any atom is 0.259 e. The van der Waals surface area contributed by atoms with E-state index in [-0.39, 0.29) is 31.0 Å². The van der Waals surface area contributed by atoms with Gasteiger partial charge in [-0.15, -0.1) is 16.8 Å². The van der Waals surface area contributed by atoms with E-state index in [4.69, 9.17) is 4.74 Å². The molecule has 0 saturated heterocycles. The van der Waals surface area contributed by atoms with E-state index in [9.17, 15) is 27.6 Å². The topological polar surface area (TPSA) is 207 Å². The van der Waals surface area contributed by atoms with Gasteiger partial charge in [0.15, 0.2) is 5.78 Å². The van der Waals surface area contributed by atoms with Crippen molar-refractivity contribution in [1.82, 2.24) is 40.5 Å². The quantitative estimate of drug-likeness (QED) is 0.177. The number of nitrogens with one attached hydrogen (secondary N) is 4. The van der Waals surface area contributed by atoms with Gasteiger partial charge in [-0.2, -0.15) is 4.80 Å². The first kappa shape index (κ1) is 37.9. The number of sulfonamides is 1. The molecule has 1 aromatic carbocycles. The molecule has 3 saturated carbocycles. The molecule has 6 atom stereocenters. The summed E-state index contributed by atoms with van der Waals surface area (Å²) in [6.45, 7) is 12.9. The number of amides is 3. The van der Waals surface area contributed by atoms with Crippen molar-refractivity contribution in [2.45, 2.75) is 96.0 Å². The van der Waals surface area contributed by atoms with Crippen LogP contribution in [0.5, 0.6) is 5.75 Å². The Bertz CT molecular complexity index is 2030. The van der Waals surface area contributed by atoms with Gasteiger partial charge in [0.1, 0.15) is 11.3 Å². The van der Waals surface area contributed by atoms with Crippen LogP contribution in [0.15, 0.2) is 43.0 Å². The number of H-pyrrole nitrogens is 1. The minimum atomic E-state index is -3.89. The molecule has 4 N–H and O–H groups in total. The van der Waals surface area contributed by atoms with E-state index in [0.29, 0.717) is 47.7 Å². The van der Waals surface area contributed by atoms with Crippen LogP contribution in [0, 0.1) is 37.0 Å². The van der Waals surface area contributed by atoms with Crippen molar-refractivity contribution in [3.8, 4) is 17.1 Å². The summed E-state index contributed by atoms with van der Waals surface area (Å²) in [5.41, 5.74) is 0.341. The zero-order valence-corrected chi connectivity index (χ0v) is 31.7. The normalized spacial score (nSPS) is 24.6. The molecular weight excluding hydrogens is 701 g/mol. The predicted molar refractivity (Wildman–Crippen MR) is 195 cm³/mol. The molecule has 16 heteroatoms. The molecule has 3 aliphatic carbocycles. The Morgan fingerprint density at radius 3 is 2.38 bits per heavy atom. The van der Waals surface area contributed by atoms with Crippen molar-refractivity contribution >= 4 is 33.5 Å². The van der Waals surface area contributed by atoms with Crippen molar-refractivity contribution in [2.75, 3.05) is 7.11 Å². The van der Waals surface area contributed by atoms with E-state index in [1.165, 1.54) is 4.80 Å². The first-order chi connectivity index (χ1) is 25.0. The van der Waals surface area contributed by atoms with Crippen molar-refractivity contribution in [1.29, 1.82) is 0 Å². The number of methoxy groups -OCH3 is 1. The van der Waals surface area contributed by atoms with Gasteiger partial charge in [-0.1, -0.05) is 26.8 Å². The van der Waals surface area contributed by atoms with Crippen molar-refractivity contribution < 1.29 is 32.3 Å². The number of aryl methyl sites for hydroxylation is 2. The van der Waals surface area contributed by atoms with Crippen LogP contribution in [0.3, 0.4) is 0 Å². The molecule has 3 aromatic rings. The van der Waals surface area contributed by atoms with E-state index in [1.807, 2.05) is 27.7 Å². The number of ketones is 1. The number of ether oxygens (including phenoxy) is 1. The Morgan fingerprint density at radius 2 is 1.79 bits per heavy atom. The standard InChI is InChI=1S/C37H48N8O7S/c1-8-9-23-19-37(23,35(49)43-53(50,51)26-14-15-26)40-34(48)29-18-24(45-42-32(41-44-45)22-10-12-25(52-7)13-11-22)17-28(29)30(46)31(36(4,5)6)39-33(47)27-16-20(2)38-21(27)3/h8,10-13,16,23-24,26,28-29,31,38H,1,9,14-15,17-19H2,2-7H3,(H,39,47)(H,40,48)(H,43,49)/t23-,24+,28?,29-,31?,37+/m1/s1. The van der Waals surface area contributed by atoms with Crippen LogP contribution in [0.25, 0.3) is 11.4 Å². The van der Waals surface area contributed by atoms with Crippen LogP contribution >= 0.6 is 0 Å². The zero-order chi connectivity index (χ0) is 38.5. The van der Waals surface area contributed by atoms with Gasteiger partial charge in [0.2, 0.25) is 21.8 Å². The molecule has 3 amide bonds. The lowest BCUT2D eigenvalue weighted by molar-refractivity contribution is -0.137. The second-order valence-electron chi connectivity index (χ2n) is 15.7. The number of rotatable bonds is 14. The number of nitrogens with zero attached hydrogens (tertiary/aromatic N) is 4. The van der Waals surface area contributed by atoms with Gasteiger partial charge < -0.3 is 20.4 Å². The summed E-state index contributed by atoms with van der Waals surface area (Å²) in [5, 5.41) is 18.4. The SMILES string of the molecule is C=CC[C@@H]1C[C@@]1(NC(=O)[C@@H]1C[C@@H](n2nnc(-c3ccc(OC)cc3)n2)CC1C(=O)C(NC(=O)c1cc(C)[nH]c1C)C(C)(C)C)C(=O)NS(=O)(=O)C1CC1. The average Bonchev–Trinajstić information content (AvgIpc) is 3.91. The number of carbonyl (C=O) groups excluding carboxylic acids is 4. The fourth-order valence-electron chi connectivity index (χ4n) is 7.43. The molecule has 0 aliphatic heterocycles. The molecule has 2 aromatic heterocycles. The molecule has 53 heavy (non-hydrogen) atoms. The molecule has 6 rings (SSSR count). The molecule has 3 fully saturated rings. The number of allylic oxidation sites excluding steroid dienone is 1. The van der Waals surface area contributed by atoms with Gasteiger partial charge >= 0.3 is 0 Å². The number of benzene rings is 1. The largest absolute Gasteiger partial charge is 0.497 e. The number of Topliss-reactive ketones (excluding diaryl/α,β-unsaturated/α-hetero) is 1. The highest BCUT2D eigenvalue weighted by molar-refractivity contribution is 7.91. The molecule has 2 heterocycles. The zero-order valence-electron chi connectivity index (χ0n) is 30.9. The Labute approximate surface area is 309 Å². The lowest BCUT2D eigenvalue weighted by Gasteiger charge is -2.33. The van der Waals surface area contributed by atoms with Crippen LogP contribution in [0.4, 0.5) is 0 Å². The Balaban J connectivity index is 1.30. The van der Waals surface area contributed by atoms with Crippen molar-refractivity contribution in [2.24, 2.45) is 23.2 Å². The van der Waals surface area contributed by atoms with Crippen LogP contribution in [-0.2, 0) is 24.4 Å². The lowest BCUT2D eigenvalue weighted by atomic mass is 9.77. The second kappa shape index (κ2) is 14.2. The van der Waals surface area contributed by atoms with Gasteiger partial charge in [-0.25, -0.2) is 8.42 Å². The molecule has 0 bridgehead atoms. The van der Waals surface area contributed by atoms with Crippen LogP contribution in [0.1, 0.15) is 87.1 Å². The molecule has 2 unspecified atom stereocenters. The molecule has 0 radical (unpaired) electrons. The van der Waals surface area contributed by atoms with E-state index >= 15 is 0 Å². The van der Waals surface area contributed by atoms with Crippen molar-refractivity contribution in [3.05, 3.63) is 59.9 Å². The fraction of sp³-hybridized carbons (Fsp3) is 0.541. The Hall–Kier alpha value is -4.86. The van der Waals surface area contributed by atoms with Crippen LogP contribution < -0.4 is 20.1 Å². The maximum atomic E-state index is 14.7. The Morgan fingerprint density at radius 1 is 1.11 bits per heavy atom. The third-order valence-electron chi connectivity index (χ3n) is 10.7. The van der Waals surface area contributed by atoms with Gasteiger partial charge in [0.05, 0.1) is 30.0 Å². The first-order valence-electron chi connectivity index (χ1n) is 17.9. The molecule has 15 nitrogen and oxygen atoms in total. The van der Waals surface area contributed by atoms with E-state index in [2.05, 4.69) is 42.3 Å². The Kier molecular flexibility index (Phi) is 10.1. The highest BCUT2D eigenvalue weighted by Gasteiger charge is 2.62. The second-order valence-corrected chi connectivity index (χ2v) is 17.7. The lowest BCUT2D eigenvalue weighted by Crippen LogP contribution is -2.56. The minimum Gasteiger partial charge on any atom is -0.497 e. The molecule has 0 spiro atoms. The van der Waals surface area contributed by atoms with E-state index in [0.717, 1.165) is 5.69 Å². The third-order valence-corrected chi connectivity index (χ3v) is 12.5. The van der Waals surface area contributed by atoms with E-state index < -0.39 is 67.9 Å². The molecule has 3 aliphatic rings. The molecular formula is C37H48N8O7S. The number of hydrogen-bond acceptors (Lipinski definition) is 10.